The molecule has 434 valence electrons. The lowest BCUT2D eigenvalue weighted by molar-refractivity contribution is -0.153. The largest absolute Gasteiger partial charge is 0.481 e. The van der Waals surface area contributed by atoms with Crippen molar-refractivity contribution in [3.05, 3.63) is 181 Å². The van der Waals surface area contributed by atoms with Crippen molar-refractivity contribution in [1.82, 2.24) is 10.9 Å². The number of para-hydroxylation sites is 2. The van der Waals surface area contributed by atoms with E-state index in [1.54, 1.807) is 0 Å². The van der Waals surface area contributed by atoms with Gasteiger partial charge in [0.25, 0.3) is 10.1 Å². The highest BCUT2D eigenvalue weighted by atomic mass is 32.2. The summed E-state index contributed by atoms with van der Waals surface area (Å²) in [6.45, 7) is 10.7. The average Bonchev–Trinajstić information content (AvgIpc) is 4.28. The third-order valence-corrected chi connectivity index (χ3v) is 15.6. The lowest BCUT2D eigenvalue weighted by atomic mass is 9.76. The van der Waals surface area contributed by atoms with Crippen LogP contribution in [0.3, 0.4) is 0 Å². The predicted molar refractivity (Wildman–Crippen MR) is 325 cm³/mol. The number of amidine groups is 2. The monoisotopic (exact) mass is 1140 g/mol. The topological polar surface area (TPSA) is 249 Å². The highest BCUT2D eigenvalue weighted by Crippen LogP contribution is 2.41. The SMILES string of the molecule is CC(=O)Nc1ccc(N2NC(c3ccccc3)=NN2c2ccccc2)cc1.CC(=O)Nc1ccc(N2NC(c3ccccc3)=NN2c2ccccc2)cc1.CCCCC(CC)CC(C(=O)O)C(CC(CC)CCCC)(C(=O)O)S(=O)(=O)O. The van der Waals surface area contributed by atoms with Gasteiger partial charge in [-0.1, -0.05) is 176 Å². The maximum Gasteiger partial charge on any atom is 0.328 e. The average molecular weight is 1140 g/mol. The van der Waals surface area contributed by atoms with E-state index in [0.29, 0.717) is 25.7 Å². The molecule has 0 bridgehead atoms. The molecule has 4 atom stereocenters. The Morgan fingerprint density at radius 2 is 0.902 bits per heavy atom. The number of hydrazone groups is 2. The number of amides is 2. The predicted octanol–water partition coefficient (Wildman–Crippen LogP) is 12.1. The maximum absolute atomic E-state index is 12.4. The molecule has 4 unspecified atom stereocenters. The molecule has 2 aliphatic heterocycles. The van der Waals surface area contributed by atoms with Crippen LogP contribution in [0.25, 0.3) is 0 Å². The zero-order valence-electron chi connectivity index (χ0n) is 47.4. The number of unbranched alkanes of at least 4 members (excludes halogenated alkanes) is 2. The molecular formula is C62H76N10O9S. The van der Waals surface area contributed by atoms with E-state index in [1.807, 2.05) is 218 Å². The summed E-state index contributed by atoms with van der Waals surface area (Å²) in [5.74, 6) is -4.05. The summed E-state index contributed by atoms with van der Waals surface area (Å²) >= 11 is 0. The van der Waals surface area contributed by atoms with E-state index in [4.69, 9.17) is 10.2 Å². The van der Waals surface area contributed by atoms with Gasteiger partial charge >= 0.3 is 11.9 Å². The first-order valence-corrected chi connectivity index (χ1v) is 29.2. The van der Waals surface area contributed by atoms with Crippen molar-refractivity contribution in [3.8, 4) is 0 Å². The van der Waals surface area contributed by atoms with Crippen molar-refractivity contribution in [2.75, 3.05) is 31.1 Å². The number of carbonyl (C=O) groups excluding carboxylic acids is 2. The van der Waals surface area contributed by atoms with E-state index in [1.165, 1.54) is 13.8 Å². The number of nitrogens with one attached hydrogen (secondary N) is 4. The summed E-state index contributed by atoms with van der Waals surface area (Å²) in [7, 11) is -5.15. The Morgan fingerprint density at radius 3 is 1.22 bits per heavy atom. The van der Waals surface area contributed by atoms with Gasteiger partial charge in [0.1, 0.15) is 0 Å². The van der Waals surface area contributed by atoms with E-state index >= 15 is 0 Å². The second-order valence-corrected chi connectivity index (χ2v) is 21.7. The van der Waals surface area contributed by atoms with E-state index < -0.39 is 39.1 Å². The minimum Gasteiger partial charge on any atom is -0.481 e. The van der Waals surface area contributed by atoms with Crippen LogP contribution in [0, 0.1) is 17.8 Å². The Labute approximate surface area is 481 Å². The standard InChI is InChI=1S/2C21H19N5O.C20H38O7S/c2*1-16(27)22-18-12-14-20(15-13-18)26-24-21(17-8-4-2-5-9-17)23-25(26)19-10-6-3-7-11-19;1-5-9-11-15(7-3)13-17(18(21)22)20(19(23)24,28(25,26)27)14-16(8-4)12-10-6-2/h2*2-15H,1H3,(H,22,27)(H,23,24);15-17H,5-14H2,1-4H3,(H,21,22)(H,23,24)(H,25,26,27). The molecule has 0 radical (unpaired) electrons. The Morgan fingerprint density at radius 1 is 0.537 bits per heavy atom. The van der Waals surface area contributed by atoms with Crippen LogP contribution < -0.4 is 42.0 Å². The van der Waals surface area contributed by atoms with Gasteiger partial charge in [0, 0.05) is 36.3 Å². The molecule has 20 heteroatoms. The summed E-state index contributed by atoms with van der Waals surface area (Å²) in [6, 6.07) is 54.9. The van der Waals surface area contributed by atoms with Crippen molar-refractivity contribution in [2.24, 2.45) is 28.0 Å². The van der Waals surface area contributed by atoms with Gasteiger partial charge in [0.15, 0.2) is 11.7 Å². The number of anilines is 6. The van der Waals surface area contributed by atoms with E-state index in [2.05, 4.69) is 21.5 Å². The van der Waals surface area contributed by atoms with Crippen LogP contribution in [0.15, 0.2) is 180 Å². The van der Waals surface area contributed by atoms with E-state index in [-0.39, 0.29) is 30.1 Å². The fraction of sp³-hybridized carbons (Fsp3) is 0.323. The highest BCUT2D eigenvalue weighted by Gasteiger charge is 2.60. The third-order valence-electron chi connectivity index (χ3n) is 14.1. The minimum atomic E-state index is -5.15. The van der Waals surface area contributed by atoms with Crippen molar-refractivity contribution < 1.29 is 42.4 Å². The highest BCUT2D eigenvalue weighted by molar-refractivity contribution is 7.88. The second-order valence-electron chi connectivity index (χ2n) is 20.0. The summed E-state index contributed by atoms with van der Waals surface area (Å²) in [5, 5.41) is 42.2. The minimum absolute atomic E-state index is 0.0812. The number of carboxylic acid groups (broad SMARTS) is 2. The lowest BCUT2D eigenvalue weighted by Gasteiger charge is -2.36. The van der Waals surface area contributed by atoms with E-state index in [0.717, 1.165) is 82.6 Å². The van der Waals surface area contributed by atoms with Gasteiger partial charge in [0.2, 0.25) is 16.6 Å². The molecule has 82 heavy (non-hydrogen) atoms. The molecule has 0 aliphatic carbocycles. The summed E-state index contributed by atoms with van der Waals surface area (Å²) in [6.07, 6.45) is 5.37. The smallest absolute Gasteiger partial charge is 0.328 e. The molecule has 6 aromatic rings. The van der Waals surface area contributed by atoms with Crippen LogP contribution in [0.1, 0.15) is 117 Å². The van der Waals surface area contributed by atoms with Gasteiger partial charge in [-0.05, 0) is 97.5 Å². The number of rotatable bonds is 24. The van der Waals surface area contributed by atoms with Crippen LogP contribution in [-0.2, 0) is 29.3 Å². The quantitative estimate of drug-likeness (QED) is 0.0278. The Hall–Kier alpha value is -8.75. The second kappa shape index (κ2) is 30.2. The first-order chi connectivity index (χ1) is 39.4. The number of hydrazine groups is 4. The summed E-state index contributed by atoms with van der Waals surface area (Å²) in [5.41, 5.74) is 13.8. The van der Waals surface area contributed by atoms with Crippen molar-refractivity contribution in [2.45, 2.75) is 110 Å². The molecule has 6 aromatic carbocycles. The molecule has 2 aliphatic rings. The van der Waals surface area contributed by atoms with Gasteiger partial charge in [-0.15, -0.1) is 10.2 Å². The lowest BCUT2D eigenvalue weighted by Crippen LogP contribution is -2.56. The first kappa shape index (κ1) is 62.4. The molecule has 0 spiro atoms. The van der Waals surface area contributed by atoms with Gasteiger partial charge < -0.3 is 20.8 Å². The molecule has 19 nitrogen and oxygen atoms in total. The Balaban J connectivity index is 0.000000198. The number of nitrogens with zero attached hydrogens (tertiary/aromatic N) is 6. The fourth-order valence-electron chi connectivity index (χ4n) is 9.60. The fourth-order valence-corrected chi connectivity index (χ4v) is 10.8. The van der Waals surface area contributed by atoms with Crippen LogP contribution >= 0.6 is 0 Å². The number of aliphatic carboxylic acids is 2. The van der Waals surface area contributed by atoms with Gasteiger partial charge in [-0.25, -0.2) is 0 Å². The van der Waals surface area contributed by atoms with Crippen LogP contribution in [0.2, 0.25) is 0 Å². The maximum atomic E-state index is 12.4. The zero-order chi connectivity index (χ0) is 59.2. The number of benzene rings is 6. The summed E-state index contributed by atoms with van der Waals surface area (Å²) < 4.78 is 32.0. The normalized spacial score (nSPS) is 14.6. The molecule has 8 rings (SSSR count). The number of hydrogen-bond acceptors (Lipinski definition) is 14. The Kier molecular flexibility index (Phi) is 23.0. The molecule has 0 saturated heterocycles. The third kappa shape index (κ3) is 16.7. The Bertz CT molecular complexity index is 3020. The molecule has 2 heterocycles. The summed E-state index contributed by atoms with van der Waals surface area (Å²) in [4.78, 5) is 46.7. The van der Waals surface area contributed by atoms with Gasteiger partial charge in [-0.2, -0.15) is 28.9 Å². The van der Waals surface area contributed by atoms with Crippen LogP contribution in [0.5, 0.6) is 0 Å². The molecule has 0 saturated carbocycles. The zero-order valence-corrected chi connectivity index (χ0v) is 48.2. The van der Waals surface area contributed by atoms with Crippen LogP contribution in [0.4, 0.5) is 34.1 Å². The molecular weight excluding hydrogens is 1060 g/mol. The molecule has 2 amide bonds. The number of carboxylic acids is 2. The molecule has 7 N–H and O–H groups in total. The number of hydrogen-bond donors (Lipinski definition) is 7. The number of carbonyl (C=O) groups is 4. The van der Waals surface area contributed by atoms with Gasteiger partial charge in [0.05, 0.1) is 28.7 Å². The van der Waals surface area contributed by atoms with Crippen LogP contribution in [-0.4, -0.2) is 63.4 Å². The molecule has 0 aromatic heterocycles. The van der Waals surface area contributed by atoms with Gasteiger partial charge in [-0.3, -0.25) is 34.6 Å². The van der Waals surface area contributed by atoms with Crippen molar-refractivity contribution >= 4 is 79.7 Å². The first-order valence-electron chi connectivity index (χ1n) is 27.7. The molecule has 0 fully saturated rings. The van der Waals surface area contributed by atoms with Crippen molar-refractivity contribution in [3.63, 3.8) is 0 Å². The van der Waals surface area contributed by atoms with Crippen molar-refractivity contribution in [1.29, 1.82) is 0 Å². The van der Waals surface area contributed by atoms with E-state index in [9.17, 15) is 42.4 Å².